The van der Waals surface area contributed by atoms with Gasteiger partial charge in [-0.05, 0) is 78.7 Å². The first-order chi connectivity index (χ1) is 20.4. The van der Waals surface area contributed by atoms with Gasteiger partial charge in [0.05, 0.1) is 18.2 Å². The molecule has 3 heterocycles. The zero-order valence-electron chi connectivity index (χ0n) is 22.8. The van der Waals surface area contributed by atoms with Crippen LogP contribution in [-0.4, -0.2) is 62.6 Å². The van der Waals surface area contributed by atoms with Crippen LogP contribution < -0.4 is 4.90 Å². The van der Waals surface area contributed by atoms with Crippen molar-refractivity contribution in [1.82, 2.24) is 19.8 Å². The van der Waals surface area contributed by atoms with Crippen molar-refractivity contribution in [3.63, 3.8) is 0 Å². The van der Waals surface area contributed by atoms with Crippen molar-refractivity contribution in [1.29, 1.82) is 0 Å². The van der Waals surface area contributed by atoms with Crippen molar-refractivity contribution in [3.05, 3.63) is 114 Å². The number of carboxylic acid groups (broad SMARTS) is 1. The Labute approximate surface area is 247 Å². The van der Waals surface area contributed by atoms with Crippen LogP contribution in [0.3, 0.4) is 0 Å². The number of urea groups is 1. The molecule has 1 unspecified atom stereocenters. The number of amides is 2. The highest BCUT2D eigenvalue weighted by atomic mass is 32.2. The summed E-state index contributed by atoms with van der Waals surface area (Å²) in [6.07, 6.45) is 5.38. The SMILES string of the molecule is O=C(O)c1ccc(Sc2ncc(CN3CCC(N4C(=O)N(c5ccc(F)cc5)CC4c4ccccc4)CC3)cn2)cc1. The molecule has 0 radical (unpaired) electrons. The van der Waals surface area contributed by atoms with E-state index in [9.17, 15) is 14.0 Å². The highest BCUT2D eigenvalue weighted by Crippen LogP contribution is 2.37. The van der Waals surface area contributed by atoms with Crippen LogP contribution in [0, 0.1) is 5.82 Å². The van der Waals surface area contributed by atoms with Crippen LogP contribution >= 0.6 is 11.8 Å². The van der Waals surface area contributed by atoms with Gasteiger partial charge in [0, 0.05) is 54.2 Å². The van der Waals surface area contributed by atoms with Crippen LogP contribution in [0.5, 0.6) is 0 Å². The van der Waals surface area contributed by atoms with Crippen molar-refractivity contribution >= 4 is 29.4 Å². The van der Waals surface area contributed by atoms with Gasteiger partial charge in [-0.25, -0.2) is 23.9 Å². The Kier molecular flexibility index (Phi) is 8.16. The topological polar surface area (TPSA) is 89.9 Å². The van der Waals surface area contributed by atoms with Crippen LogP contribution in [0.25, 0.3) is 0 Å². The van der Waals surface area contributed by atoms with E-state index in [2.05, 4.69) is 27.0 Å². The zero-order chi connectivity index (χ0) is 29.1. The molecule has 2 fully saturated rings. The van der Waals surface area contributed by atoms with Crippen LogP contribution in [0.1, 0.15) is 40.4 Å². The summed E-state index contributed by atoms with van der Waals surface area (Å²) < 4.78 is 13.6. The third-order valence-electron chi connectivity index (χ3n) is 7.81. The molecule has 10 heteroatoms. The molecule has 0 spiro atoms. The van der Waals surface area contributed by atoms with E-state index < -0.39 is 5.97 Å². The summed E-state index contributed by atoms with van der Waals surface area (Å²) in [6.45, 7) is 2.95. The number of hydrogen-bond acceptors (Lipinski definition) is 6. The first kappa shape index (κ1) is 27.9. The van der Waals surface area contributed by atoms with Crippen LogP contribution in [0.2, 0.25) is 0 Å². The molecule has 4 aromatic rings. The molecule has 0 saturated carbocycles. The van der Waals surface area contributed by atoms with E-state index in [1.54, 1.807) is 41.3 Å². The first-order valence-electron chi connectivity index (χ1n) is 13.9. The molecule has 2 aliphatic heterocycles. The zero-order valence-corrected chi connectivity index (χ0v) is 23.7. The Hall–Kier alpha value is -4.28. The molecule has 6 rings (SSSR count). The molecule has 8 nitrogen and oxygen atoms in total. The maximum atomic E-state index is 13.8. The first-order valence-corrected chi connectivity index (χ1v) is 14.7. The Balaban J connectivity index is 1.08. The third kappa shape index (κ3) is 6.14. The quantitative estimate of drug-likeness (QED) is 0.250. The van der Waals surface area contributed by atoms with Crippen molar-refractivity contribution in [2.75, 3.05) is 24.5 Å². The fourth-order valence-electron chi connectivity index (χ4n) is 5.66. The summed E-state index contributed by atoms with van der Waals surface area (Å²) in [5, 5.41) is 9.67. The van der Waals surface area contributed by atoms with Gasteiger partial charge in [0.1, 0.15) is 5.82 Å². The molecule has 1 atom stereocenters. The highest BCUT2D eigenvalue weighted by molar-refractivity contribution is 7.99. The molecular formula is C32H30FN5O3S. The van der Waals surface area contributed by atoms with E-state index in [1.807, 2.05) is 35.5 Å². The summed E-state index contributed by atoms with van der Waals surface area (Å²) in [6, 6.07) is 22.9. The standard InChI is InChI=1S/C32H30FN5O3S/c33-25-8-10-26(11-9-25)37-21-29(23-4-2-1-3-5-23)38(32(37)41)27-14-16-36(17-15-27)20-22-18-34-31(35-19-22)42-28-12-6-24(7-13-28)30(39)40/h1-13,18-19,27,29H,14-17,20-21H2,(H,39,40). The lowest BCUT2D eigenvalue weighted by Crippen LogP contribution is -2.47. The monoisotopic (exact) mass is 583 g/mol. The van der Waals surface area contributed by atoms with Crippen molar-refractivity contribution < 1.29 is 19.1 Å². The number of benzene rings is 3. The summed E-state index contributed by atoms with van der Waals surface area (Å²) in [5.74, 6) is -1.27. The molecule has 2 amide bonds. The van der Waals surface area contributed by atoms with Gasteiger partial charge in [-0.2, -0.15) is 0 Å². The molecule has 0 aliphatic carbocycles. The van der Waals surface area contributed by atoms with Gasteiger partial charge in [-0.3, -0.25) is 9.80 Å². The van der Waals surface area contributed by atoms with E-state index in [-0.39, 0.29) is 29.5 Å². The predicted octanol–water partition coefficient (Wildman–Crippen LogP) is 6.11. The molecule has 2 saturated heterocycles. The predicted molar refractivity (Wildman–Crippen MR) is 158 cm³/mol. The maximum Gasteiger partial charge on any atom is 0.335 e. The Morgan fingerprint density at radius 3 is 2.24 bits per heavy atom. The Morgan fingerprint density at radius 2 is 1.60 bits per heavy atom. The Morgan fingerprint density at radius 1 is 0.929 bits per heavy atom. The number of likely N-dealkylation sites (tertiary alicyclic amines) is 1. The fourth-order valence-corrected chi connectivity index (χ4v) is 6.36. The summed E-state index contributed by atoms with van der Waals surface area (Å²) in [5.41, 5.74) is 3.07. The van der Waals surface area contributed by atoms with E-state index in [1.165, 1.54) is 23.9 Å². The van der Waals surface area contributed by atoms with Crippen LogP contribution in [0.15, 0.2) is 101 Å². The van der Waals surface area contributed by atoms with Crippen LogP contribution in [-0.2, 0) is 6.54 Å². The Bertz CT molecular complexity index is 1530. The molecule has 1 aromatic heterocycles. The summed E-state index contributed by atoms with van der Waals surface area (Å²) >= 11 is 1.39. The lowest BCUT2D eigenvalue weighted by Gasteiger charge is -2.39. The number of piperidine rings is 1. The molecule has 42 heavy (non-hydrogen) atoms. The molecule has 0 bridgehead atoms. The second kappa shape index (κ2) is 12.3. The number of hydrogen-bond donors (Lipinski definition) is 1. The molecule has 1 N–H and O–H groups in total. The smallest absolute Gasteiger partial charge is 0.335 e. The average Bonchev–Trinajstić information content (AvgIpc) is 3.36. The second-order valence-corrected chi connectivity index (χ2v) is 11.6. The van der Waals surface area contributed by atoms with Gasteiger partial charge < -0.3 is 10.0 Å². The number of nitrogens with zero attached hydrogens (tertiary/aromatic N) is 5. The number of aromatic nitrogens is 2. The minimum Gasteiger partial charge on any atom is -0.478 e. The second-order valence-electron chi connectivity index (χ2n) is 10.5. The van der Waals surface area contributed by atoms with Gasteiger partial charge in [-0.15, -0.1) is 0 Å². The normalized spacial score (nSPS) is 18.0. The van der Waals surface area contributed by atoms with E-state index in [4.69, 9.17) is 5.11 Å². The lowest BCUT2D eigenvalue weighted by atomic mass is 9.99. The van der Waals surface area contributed by atoms with Gasteiger partial charge >= 0.3 is 12.0 Å². The van der Waals surface area contributed by atoms with Gasteiger partial charge in [0.2, 0.25) is 0 Å². The van der Waals surface area contributed by atoms with Crippen molar-refractivity contribution in [2.45, 2.75) is 41.5 Å². The number of carbonyl (C=O) groups is 2. The number of anilines is 1. The third-order valence-corrected chi connectivity index (χ3v) is 8.72. The molecule has 2 aliphatic rings. The molecule has 3 aromatic carbocycles. The van der Waals surface area contributed by atoms with E-state index in [0.717, 1.165) is 48.5 Å². The number of halogens is 1. The van der Waals surface area contributed by atoms with Gasteiger partial charge in [0.15, 0.2) is 5.16 Å². The minimum absolute atomic E-state index is 0.0343. The largest absolute Gasteiger partial charge is 0.478 e. The molecular weight excluding hydrogens is 553 g/mol. The van der Waals surface area contributed by atoms with Gasteiger partial charge in [-0.1, -0.05) is 30.3 Å². The summed E-state index contributed by atoms with van der Waals surface area (Å²) in [4.78, 5) is 40.8. The van der Waals surface area contributed by atoms with Crippen molar-refractivity contribution in [3.8, 4) is 0 Å². The maximum absolute atomic E-state index is 13.8. The van der Waals surface area contributed by atoms with E-state index in [0.29, 0.717) is 17.4 Å². The van der Waals surface area contributed by atoms with E-state index >= 15 is 0 Å². The number of aromatic carboxylic acids is 1. The number of carboxylic acids is 1. The minimum atomic E-state index is -0.953. The van der Waals surface area contributed by atoms with Crippen molar-refractivity contribution in [2.24, 2.45) is 0 Å². The summed E-state index contributed by atoms with van der Waals surface area (Å²) in [7, 11) is 0. The highest BCUT2D eigenvalue weighted by Gasteiger charge is 2.43. The average molecular weight is 584 g/mol. The number of rotatable bonds is 8. The molecule has 214 valence electrons. The van der Waals surface area contributed by atoms with Crippen LogP contribution in [0.4, 0.5) is 14.9 Å². The fraction of sp³-hybridized carbons (Fsp3) is 0.250. The lowest BCUT2D eigenvalue weighted by molar-refractivity contribution is 0.0696. The van der Waals surface area contributed by atoms with Gasteiger partial charge in [0.25, 0.3) is 0 Å². The number of carbonyl (C=O) groups excluding carboxylic acids is 1.